The van der Waals surface area contributed by atoms with E-state index in [1.807, 2.05) is 0 Å². The van der Waals surface area contributed by atoms with E-state index >= 15 is 0 Å². The van der Waals surface area contributed by atoms with Crippen molar-refractivity contribution in [1.29, 1.82) is 0 Å². The molecule has 0 spiro atoms. The molecule has 0 aliphatic carbocycles. The van der Waals surface area contributed by atoms with Crippen LogP contribution in [-0.4, -0.2) is 40.3 Å². The lowest BCUT2D eigenvalue weighted by atomic mass is 10.2. The zero-order valence-corrected chi connectivity index (χ0v) is 12.0. The number of sulfonamides is 1. The second-order valence-electron chi connectivity index (χ2n) is 4.46. The second-order valence-corrected chi connectivity index (χ2v) is 6.30. The summed E-state index contributed by atoms with van der Waals surface area (Å²) in [6.07, 6.45) is -0.117. The predicted molar refractivity (Wildman–Crippen MR) is 73.4 cm³/mol. The third-order valence-corrected chi connectivity index (χ3v) is 4.48. The van der Waals surface area contributed by atoms with Gasteiger partial charge in [0.15, 0.2) is 0 Å². The fourth-order valence-corrected chi connectivity index (χ4v) is 2.87. The highest BCUT2D eigenvalue weighted by Crippen LogP contribution is 2.35. The minimum absolute atomic E-state index is 0.0281. The molecule has 7 nitrogen and oxygen atoms in total. The number of hydrogen-bond acceptors (Lipinski definition) is 5. The Bertz CT molecular complexity index is 629. The monoisotopic (exact) mass is 300 g/mol. The number of nitrogens with two attached hydrogens (primary N) is 1. The molecule has 0 bridgehead atoms. The number of methoxy groups -OCH3 is 2. The van der Waals surface area contributed by atoms with Crippen LogP contribution in [0.3, 0.4) is 0 Å². The van der Waals surface area contributed by atoms with Crippen LogP contribution in [0.4, 0.5) is 5.69 Å². The van der Waals surface area contributed by atoms with Gasteiger partial charge in [0.1, 0.15) is 16.7 Å². The van der Waals surface area contributed by atoms with E-state index in [9.17, 15) is 13.2 Å². The van der Waals surface area contributed by atoms with E-state index in [1.54, 1.807) is 18.2 Å². The van der Waals surface area contributed by atoms with E-state index in [-0.39, 0.29) is 18.9 Å². The molecule has 1 heterocycles. The molecule has 1 aliphatic heterocycles. The van der Waals surface area contributed by atoms with Crippen LogP contribution in [0.2, 0.25) is 0 Å². The number of anilines is 1. The summed E-state index contributed by atoms with van der Waals surface area (Å²) in [5.74, 6) is 0.723. The first kappa shape index (κ1) is 14.6. The SMILES string of the molecule is COc1ccc(N2CC(S(N)(=O)=O)CC2=O)c(OC)c1. The fraction of sp³-hybridized carbons (Fsp3) is 0.417. The third kappa shape index (κ3) is 2.70. The Kier molecular flexibility index (Phi) is 3.87. The Morgan fingerprint density at radius 2 is 2.00 bits per heavy atom. The van der Waals surface area contributed by atoms with E-state index in [0.29, 0.717) is 17.2 Å². The van der Waals surface area contributed by atoms with Gasteiger partial charge in [-0.05, 0) is 12.1 Å². The van der Waals surface area contributed by atoms with Gasteiger partial charge in [0.25, 0.3) is 0 Å². The molecule has 1 fully saturated rings. The second kappa shape index (κ2) is 5.29. The number of ether oxygens (including phenoxy) is 2. The molecule has 1 unspecified atom stereocenters. The van der Waals surface area contributed by atoms with Crippen molar-refractivity contribution in [2.24, 2.45) is 5.14 Å². The van der Waals surface area contributed by atoms with Crippen molar-refractivity contribution < 1.29 is 22.7 Å². The molecule has 1 aliphatic rings. The van der Waals surface area contributed by atoms with E-state index in [1.165, 1.54) is 19.1 Å². The van der Waals surface area contributed by atoms with Gasteiger partial charge in [-0.15, -0.1) is 0 Å². The minimum Gasteiger partial charge on any atom is -0.497 e. The lowest BCUT2D eigenvalue weighted by molar-refractivity contribution is -0.117. The lowest BCUT2D eigenvalue weighted by Crippen LogP contribution is -2.32. The Morgan fingerprint density at radius 1 is 1.30 bits per heavy atom. The number of rotatable bonds is 4. The van der Waals surface area contributed by atoms with Crippen LogP contribution >= 0.6 is 0 Å². The molecule has 2 N–H and O–H groups in total. The molecule has 1 saturated heterocycles. The zero-order valence-electron chi connectivity index (χ0n) is 11.2. The molecular formula is C12H16N2O5S. The maximum absolute atomic E-state index is 12.0. The highest BCUT2D eigenvalue weighted by Gasteiger charge is 2.38. The zero-order chi connectivity index (χ0) is 14.9. The summed E-state index contributed by atoms with van der Waals surface area (Å²) in [6, 6.07) is 4.96. The summed E-state index contributed by atoms with van der Waals surface area (Å²) in [7, 11) is -0.748. The number of benzene rings is 1. The van der Waals surface area contributed by atoms with Gasteiger partial charge < -0.3 is 14.4 Å². The quantitative estimate of drug-likeness (QED) is 0.850. The number of hydrogen-bond donors (Lipinski definition) is 1. The average molecular weight is 300 g/mol. The molecule has 0 saturated carbocycles. The maximum Gasteiger partial charge on any atom is 0.228 e. The normalized spacial score (nSPS) is 19.2. The summed E-state index contributed by atoms with van der Waals surface area (Å²) < 4.78 is 33.0. The topological polar surface area (TPSA) is 98.9 Å². The van der Waals surface area contributed by atoms with Gasteiger partial charge in [0, 0.05) is 19.0 Å². The first-order chi connectivity index (χ1) is 9.36. The van der Waals surface area contributed by atoms with Gasteiger partial charge >= 0.3 is 0 Å². The van der Waals surface area contributed by atoms with Crippen LogP contribution in [0.1, 0.15) is 6.42 Å². The van der Waals surface area contributed by atoms with E-state index in [4.69, 9.17) is 14.6 Å². The Balaban J connectivity index is 2.35. The summed E-state index contributed by atoms with van der Waals surface area (Å²) in [4.78, 5) is 13.3. The molecule has 1 aromatic rings. The maximum atomic E-state index is 12.0. The van der Waals surface area contributed by atoms with Crippen LogP contribution < -0.4 is 19.5 Å². The predicted octanol–water partition coefficient (Wildman–Crippen LogP) is 0.0976. The first-order valence-electron chi connectivity index (χ1n) is 5.91. The van der Waals surface area contributed by atoms with E-state index in [2.05, 4.69) is 0 Å². The Labute approximate surface area is 117 Å². The van der Waals surface area contributed by atoms with Gasteiger partial charge in [0.05, 0.1) is 19.9 Å². The molecule has 8 heteroatoms. The number of carbonyl (C=O) groups excluding carboxylic acids is 1. The number of amides is 1. The van der Waals surface area contributed by atoms with Crippen molar-refractivity contribution >= 4 is 21.6 Å². The Morgan fingerprint density at radius 3 is 2.50 bits per heavy atom. The average Bonchev–Trinajstić information content (AvgIpc) is 2.80. The summed E-state index contributed by atoms with van der Waals surface area (Å²) in [6.45, 7) is 0.0281. The van der Waals surface area contributed by atoms with E-state index in [0.717, 1.165) is 0 Å². The third-order valence-electron chi connectivity index (χ3n) is 3.23. The molecule has 0 aromatic heterocycles. The smallest absolute Gasteiger partial charge is 0.228 e. The van der Waals surface area contributed by atoms with Crippen molar-refractivity contribution in [3.8, 4) is 11.5 Å². The van der Waals surface area contributed by atoms with Crippen molar-refractivity contribution in [1.82, 2.24) is 0 Å². The highest BCUT2D eigenvalue weighted by molar-refractivity contribution is 7.89. The van der Waals surface area contributed by atoms with Crippen LogP contribution in [0.5, 0.6) is 11.5 Å². The van der Waals surface area contributed by atoms with Gasteiger partial charge in [-0.25, -0.2) is 13.6 Å². The van der Waals surface area contributed by atoms with Gasteiger partial charge in [-0.2, -0.15) is 0 Å². The van der Waals surface area contributed by atoms with Crippen LogP contribution in [0, 0.1) is 0 Å². The van der Waals surface area contributed by atoms with Crippen LogP contribution in [0.25, 0.3) is 0 Å². The van der Waals surface area contributed by atoms with E-state index < -0.39 is 15.3 Å². The summed E-state index contributed by atoms with van der Waals surface area (Å²) >= 11 is 0. The Hall–Kier alpha value is -1.80. The summed E-state index contributed by atoms with van der Waals surface area (Å²) in [5.41, 5.74) is 0.504. The summed E-state index contributed by atoms with van der Waals surface area (Å²) in [5, 5.41) is 4.21. The van der Waals surface area contributed by atoms with Gasteiger partial charge in [-0.1, -0.05) is 0 Å². The standard InChI is InChI=1S/C12H16N2O5S/c1-18-8-3-4-10(11(5-8)19-2)14-7-9(6-12(14)15)20(13,16)17/h3-5,9H,6-7H2,1-2H3,(H2,13,16,17). The molecule has 20 heavy (non-hydrogen) atoms. The van der Waals surface area contributed by atoms with Crippen LogP contribution in [0.15, 0.2) is 18.2 Å². The molecule has 1 amide bonds. The largest absolute Gasteiger partial charge is 0.497 e. The lowest BCUT2D eigenvalue weighted by Gasteiger charge is -2.19. The van der Waals surface area contributed by atoms with Crippen molar-refractivity contribution in [3.05, 3.63) is 18.2 Å². The molecular weight excluding hydrogens is 284 g/mol. The highest BCUT2D eigenvalue weighted by atomic mass is 32.2. The fourth-order valence-electron chi connectivity index (χ4n) is 2.14. The molecule has 2 rings (SSSR count). The number of primary sulfonamides is 1. The number of carbonyl (C=O) groups is 1. The van der Waals surface area contributed by atoms with Crippen molar-refractivity contribution in [2.45, 2.75) is 11.7 Å². The first-order valence-corrected chi connectivity index (χ1v) is 7.51. The van der Waals surface area contributed by atoms with Crippen molar-refractivity contribution in [2.75, 3.05) is 25.7 Å². The minimum atomic E-state index is -3.74. The van der Waals surface area contributed by atoms with Gasteiger partial charge in [-0.3, -0.25) is 4.79 Å². The van der Waals surface area contributed by atoms with Gasteiger partial charge in [0.2, 0.25) is 15.9 Å². The molecule has 1 atom stereocenters. The van der Waals surface area contributed by atoms with Crippen LogP contribution in [-0.2, 0) is 14.8 Å². The molecule has 110 valence electrons. The molecule has 1 aromatic carbocycles. The van der Waals surface area contributed by atoms with Crippen molar-refractivity contribution in [3.63, 3.8) is 0 Å². The number of nitrogens with zero attached hydrogens (tertiary/aromatic N) is 1. The molecule has 0 radical (unpaired) electrons.